The van der Waals surface area contributed by atoms with E-state index in [4.69, 9.17) is 27.9 Å². The normalized spacial score (nSPS) is 11.7. The van der Waals surface area contributed by atoms with E-state index in [2.05, 4.69) is 10.3 Å². The lowest BCUT2D eigenvalue weighted by molar-refractivity contribution is -0.123. The number of halogens is 2. The molecule has 1 atom stereocenters. The van der Waals surface area contributed by atoms with Crippen molar-refractivity contribution in [1.29, 1.82) is 0 Å². The second-order valence-electron chi connectivity index (χ2n) is 4.90. The van der Waals surface area contributed by atoms with Gasteiger partial charge in [0.1, 0.15) is 5.15 Å². The maximum atomic E-state index is 12.0. The van der Waals surface area contributed by atoms with E-state index in [0.717, 1.165) is 5.56 Å². The minimum absolute atomic E-state index is 0.0911. The third kappa shape index (κ3) is 4.68. The molecule has 0 spiro atoms. The van der Waals surface area contributed by atoms with Gasteiger partial charge in [0.25, 0.3) is 5.91 Å². The Labute approximate surface area is 143 Å². The largest absolute Gasteiger partial charge is 0.449 e. The molecular weight excluding hydrogens is 339 g/mol. The number of aryl methyl sites for hydroxylation is 1. The molecule has 0 fully saturated rings. The van der Waals surface area contributed by atoms with Gasteiger partial charge in [0.2, 0.25) is 0 Å². The van der Waals surface area contributed by atoms with Crippen molar-refractivity contribution in [3.8, 4) is 0 Å². The zero-order valence-corrected chi connectivity index (χ0v) is 14.0. The lowest BCUT2D eigenvalue weighted by atomic mass is 10.2. The average Bonchev–Trinajstić information content (AvgIpc) is 2.52. The monoisotopic (exact) mass is 352 g/mol. The molecule has 1 amide bonds. The molecular formula is C16H14Cl2N2O3. The van der Waals surface area contributed by atoms with Crippen molar-refractivity contribution >= 4 is 40.8 Å². The predicted octanol–water partition coefficient (Wildman–Crippen LogP) is 3.88. The van der Waals surface area contributed by atoms with E-state index >= 15 is 0 Å². The SMILES string of the molecule is Cc1ccc(NC(=O)[C@@H](C)OC(=O)c2cnc(Cl)c(Cl)c2)cc1. The number of amides is 1. The molecule has 120 valence electrons. The highest BCUT2D eigenvalue weighted by Gasteiger charge is 2.20. The Morgan fingerprint density at radius 2 is 1.87 bits per heavy atom. The molecule has 0 aliphatic rings. The zero-order chi connectivity index (χ0) is 17.0. The molecule has 0 bridgehead atoms. The fraction of sp³-hybridized carbons (Fsp3) is 0.188. The van der Waals surface area contributed by atoms with Crippen molar-refractivity contribution in [2.45, 2.75) is 20.0 Å². The van der Waals surface area contributed by atoms with E-state index in [0.29, 0.717) is 5.69 Å². The van der Waals surface area contributed by atoms with Crippen molar-refractivity contribution in [2.75, 3.05) is 5.32 Å². The van der Waals surface area contributed by atoms with Crippen LogP contribution >= 0.6 is 23.2 Å². The van der Waals surface area contributed by atoms with E-state index in [1.165, 1.54) is 19.2 Å². The highest BCUT2D eigenvalue weighted by Crippen LogP contribution is 2.20. The minimum atomic E-state index is -0.974. The number of ether oxygens (including phenoxy) is 1. The second kappa shape index (κ2) is 7.44. The molecule has 2 aromatic rings. The smallest absolute Gasteiger partial charge is 0.340 e. The van der Waals surface area contributed by atoms with E-state index in [-0.39, 0.29) is 15.7 Å². The van der Waals surface area contributed by atoms with Crippen LogP contribution in [0.25, 0.3) is 0 Å². The minimum Gasteiger partial charge on any atom is -0.449 e. The summed E-state index contributed by atoms with van der Waals surface area (Å²) in [4.78, 5) is 27.8. The summed E-state index contributed by atoms with van der Waals surface area (Å²) in [6.07, 6.45) is 0.263. The van der Waals surface area contributed by atoms with E-state index in [1.807, 2.05) is 19.1 Å². The topological polar surface area (TPSA) is 68.3 Å². The van der Waals surface area contributed by atoms with Gasteiger partial charge >= 0.3 is 5.97 Å². The van der Waals surface area contributed by atoms with Crippen molar-refractivity contribution < 1.29 is 14.3 Å². The van der Waals surface area contributed by atoms with Gasteiger partial charge < -0.3 is 10.1 Å². The number of benzene rings is 1. The van der Waals surface area contributed by atoms with Gasteiger partial charge in [-0.15, -0.1) is 0 Å². The van der Waals surface area contributed by atoms with Crippen molar-refractivity contribution in [1.82, 2.24) is 4.98 Å². The first-order chi connectivity index (χ1) is 10.9. The van der Waals surface area contributed by atoms with Crippen molar-refractivity contribution in [3.05, 3.63) is 57.8 Å². The van der Waals surface area contributed by atoms with Gasteiger partial charge in [-0.3, -0.25) is 4.79 Å². The highest BCUT2D eigenvalue weighted by molar-refractivity contribution is 6.41. The zero-order valence-electron chi connectivity index (χ0n) is 12.5. The van der Waals surface area contributed by atoms with Gasteiger partial charge in [-0.1, -0.05) is 40.9 Å². The van der Waals surface area contributed by atoms with Crippen LogP contribution in [-0.2, 0) is 9.53 Å². The Morgan fingerprint density at radius 1 is 1.22 bits per heavy atom. The van der Waals surface area contributed by atoms with Gasteiger partial charge in [0, 0.05) is 11.9 Å². The Hall–Kier alpha value is -2.11. The van der Waals surface area contributed by atoms with Crippen LogP contribution in [0.3, 0.4) is 0 Å². The van der Waals surface area contributed by atoms with Crippen LogP contribution in [0.4, 0.5) is 5.69 Å². The van der Waals surface area contributed by atoms with Crippen molar-refractivity contribution in [3.63, 3.8) is 0 Å². The molecule has 23 heavy (non-hydrogen) atoms. The van der Waals surface area contributed by atoms with Crippen LogP contribution in [0.15, 0.2) is 36.5 Å². The van der Waals surface area contributed by atoms with Gasteiger partial charge in [-0.25, -0.2) is 9.78 Å². The number of esters is 1. The molecule has 1 N–H and O–H groups in total. The molecule has 0 radical (unpaired) electrons. The number of hydrogen-bond acceptors (Lipinski definition) is 4. The molecule has 5 nitrogen and oxygen atoms in total. The summed E-state index contributed by atoms with van der Waals surface area (Å²) < 4.78 is 5.10. The summed E-state index contributed by atoms with van der Waals surface area (Å²) >= 11 is 11.5. The van der Waals surface area contributed by atoms with E-state index < -0.39 is 18.0 Å². The van der Waals surface area contributed by atoms with Gasteiger partial charge in [-0.05, 0) is 32.0 Å². The van der Waals surface area contributed by atoms with Crippen molar-refractivity contribution in [2.24, 2.45) is 0 Å². The molecule has 2 rings (SSSR count). The van der Waals surface area contributed by atoms with Crippen LogP contribution in [0.5, 0.6) is 0 Å². The molecule has 0 saturated heterocycles. The summed E-state index contributed by atoms with van der Waals surface area (Å²) in [6, 6.07) is 8.61. The Balaban J connectivity index is 1.98. The third-order valence-corrected chi connectivity index (χ3v) is 3.69. The summed E-state index contributed by atoms with van der Waals surface area (Å²) in [5, 5.41) is 2.90. The fourth-order valence-electron chi connectivity index (χ4n) is 1.70. The number of anilines is 1. The van der Waals surface area contributed by atoms with Crippen LogP contribution in [0.2, 0.25) is 10.2 Å². The lowest BCUT2D eigenvalue weighted by Crippen LogP contribution is -2.30. The number of nitrogens with one attached hydrogen (secondary N) is 1. The highest BCUT2D eigenvalue weighted by atomic mass is 35.5. The van der Waals surface area contributed by atoms with Gasteiger partial charge in [0.15, 0.2) is 6.10 Å². The number of aromatic nitrogens is 1. The van der Waals surface area contributed by atoms with Gasteiger partial charge in [-0.2, -0.15) is 0 Å². The maximum Gasteiger partial charge on any atom is 0.340 e. The van der Waals surface area contributed by atoms with E-state index in [1.54, 1.807) is 12.1 Å². The second-order valence-corrected chi connectivity index (χ2v) is 5.66. The molecule has 1 heterocycles. The Bertz CT molecular complexity index is 733. The number of rotatable bonds is 4. The first-order valence-corrected chi connectivity index (χ1v) is 7.52. The Kier molecular flexibility index (Phi) is 5.58. The molecule has 0 unspecified atom stereocenters. The summed E-state index contributed by atoms with van der Waals surface area (Å²) in [7, 11) is 0. The Morgan fingerprint density at radius 3 is 2.48 bits per heavy atom. The number of nitrogens with zero attached hydrogens (tertiary/aromatic N) is 1. The molecule has 0 saturated carbocycles. The molecule has 0 aliphatic carbocycles. The number of hydrogen-bond donors (Lipinski definition) is 1. The molecule has 1 aromatic carbocycles. The van der Waals surface area contributed by atoms with Crippen LogP contribution in [-0.4, -0.2) is 23.0 Å². The molecule has 0 aliphatic heterocycles. The quantitative estimate of drug-likeness (QED) is 0.669. The third-order valence-electron chi connectivity index (χ3n) is 3.00. The van der Waals surface area contributed by atoms with Crippen LogP contribution in [0, 0.1) is 6.92 Å². The summed E-state index contributed by atoms with van der Waals surface area (Å²) in [5.41, 5.74) is 1.82. The standard InChI is InChI=1S/C16H14Cl2N2O3/c1-9-3-5-12(6-4-9)20-15(21)10(2)23-16(22)11-7-13(17)14(18)19-8-11/h3-8,10H,1-2H3,(H,20,21)/t10-/m1/s1. The number of carbonyl (C=O) groups is 2. The maximum absolute atomic E-state index is 12.0. The number of pyridine rings is 1. The summed E-state index contributed by atoms with van der Waals surface area (Å²) in [5.74, 6) is -1.14. The number of carbonyl (C=O) groups excluding carboxylic acids is 2. The molecule has 7 heteroatoms. The fourth-order valence-corrected chi connectivity index (χ4v) is 1.97. The van der Waals surface area contributed by atoms with Crippen LogP contribution in [0.1, 0.15) is 22.8 Å². The predicted molar refractivity (Wildman–Crippen MR) is 88.9 cm³/mol. The van der Waals surface area contributed by atoms with Gasteiger partial charge in [0.05, 0.1) is 10.6 Å². The first-order valence-electron chi connectivity index (χ1n) is 6.76. The first kappa shape index (κ1) is 17.2. The average molecular weight is 353 g/mol. The van der Waals surface area contributed by atoms with E-state index in [9.17, 15) is 9.59 Å². The lowest BCUT2D eigenvalue weighted by Gasteiger charge is -2.13. The molecule has 1 aromatic heterocycles. The summed E-state index contributed by atoms with van der Waals surface area (Å²) in [6.45, 7) is 3.42. The van der Waals surface area contributed by atoms with Crippen LogP contribution < -0.4 is 5.32 Å².